The van der Waals surface area contributed by atoms with E-state index in [9.17, 15) is 0 Å². The lowest BCUT2D eigenvalue weighted by Crippen LogP contribution is -1.96. The molecule has 3 heteroatoms. The number of fused-ring (bicyclic) bond motifs is 1. The maximum atomic E-state index is 6.46. The first kappa shape index (κ1) is 16.1. The lowest BCUT2D eigenvalue weighted by molar-refractivity contribution is 1.33. The van der Waals surface area contributed by atoms with Gasteiger partial charge < -0.3 is 0 Å². The fourth-order valence-corrected chi connectivity index (χ4v) is 3.73. The summed E-state index contributed by atoms with van der Waals surface area (Å²) in [6.07, 6.45) is 0. The molecule has 0 bridgehead atoms. The van der Waals surface area contributed by atoms with E-state index in [0.717, 1.165) is 27.7 Å². The second-order valence-electron chi connectivity index (χ2n) is 5.97. The van der Waals surface area contributed by atoms with Crippen molar-refractivity contribution in [2.24, 2.45) is 0 Å². The van der Waals surface area contributed by atoms with Crippen LogP contribution in [0.4, 0.5) is 0 Å². The number of nitrogens with zero attached hydrogens (tertiary/aromatic N) is 1. The van der Waals surface area contributed by atoms with E-state index >= 15 is 0 Å². The van der Waals surface area contributed by atoms with Crippen LogP contribution in [0, 0.1) is 6.92 Å². The third-order valence-electron chi connectivity index (χ3n) is 4.38. The molecule has 4 aromatic rings. The summed E-state index contributed by atoms with van der Waals surface area (Å²) in [6, 6.07) is 24.1. The van der Waals surface area contributed by atoms with Gasteiger partial charge in [-0.05, 0) is 47.9 Å². The van der Waals surface area contributed by atoms with Gasteiger partial charge in [0.1, 0.15) is 0 Å². The van der Waals surface area contributed by atoms with Gasteiger partial charge in [-0.15, -0.1) is 0 Å². The van der Waals surface area contributed by atoms with Crippen LogP contribution in [0.5, 0.6) is 0 Å². The van der Waals surface area contributed by atoms with E-state index in [-0.39, 0.29) is 0 Å². The third-order valence-corrected chi connectivity index (χ3v) is 4.93. The molecule has 0 aliphatic heterocycles. The van der Waals surface area contributed by atoms with Crippen LogP contribution in [-0.4, -0.2) is 4.98 Å². The van der Waals surface area contributed by atoms with Crippen LogP contribution in [-0.2, 0) is 0 Å². The van der Waals surface area contributed by atoms with E-state index in [1.54, 1.807) is 6.07 Å². The van der Waals surface area contributed by atoms with E-state index < -0.39 is 0 Å². The number of para-hydroxylation sites is 1. The quantitative estimate of drug-likeness (QED) is 0.367. The highest BCUT2D eigenvalue weighted by Crippen LogP contribution is 2.38. The van der Waals surface area contributed by atoms with Crippen molar-refractivity contribution in [2.75, 3.05) is 0 Å². The van der Waals surface area contributed by atoms with Crippen molar-refractivity contribution in [1.82, 2.24) is 4.98 Å². The van der Waals surface area contributed by atoms with Crippen LogP contribution in [0.3, 0.4) is 0 Å². The van der Waals surface area contributed by atoms with Gasteiger partial charge in [-0.3, -0.25) is 0 Å². The number of halogens is 2. The molecule has 1 nitrogen and oxygen atoms in total. The standard InChI is InChI=1S/C22H15Cl2N/c1-14-21(15-7-3-2-4-8-15)18-9-5-6-10-20(18)25-22(14)17-12-11-16(23)13-19(17)24/h2-13H,1H3. The Labute approximate surface area is 156 Å². The Kier molecular flexibility index (Phi) is 4.20. The molecule has 0 fully saturated rings. The first-order chi connectivity index (χ1) is 12.1. The van der Waals surface area contributed by atoms with Gasteiger partial charge in [0, 0.05) is 16.0 Å². The lowest BCUT2D eigenvalue weighted by atomic mass is 9.93. The Morgan fingerprint density at radius 2 is 1.52 bits per heavy atom. The minimum atomic E-state index is 0.609. The number of aromatic nitrogens is 1. The van der Waals surface area contributed by atoms with Crippen molar-refractivity contribution in [3.63, 3.8) is 0 Å². The van der Waals surface area contributed by atoms with Gasteiger partial charge in [0.25, 0.3) is 0 Å². The second kappa shape index (κ2) is 6.51. The van der Waals surface area contributed by atoms with E-state index in [0.29, 0.717) is 10.0 Å². The number of pyridine rings is 1. The maximum Gasteiger partial charge on any atom is 0.0760 e. The fourth-order valence-electron chi connectivity index (χ4n) is 3.23. The molecule has 1 aromatic heterocycles. The van der Waals surface area contributed by atoms with Crippen LogP contribution < -0.4 is 0 Å². The number of hydrogen-bond acceptors (Lipinski definition) is 1. The number of hydrogen-bond donors (Lipinski definition) is 0. The zero-order chi connectivity index (χ0) is 17.4. The van der Waals surface area contributed by atoms with Crippen molar-refractivity contribution >= 4 is 34.1 Å². The van der Waals surface area contributed by atoms with Gasteiger partial charge in [-0.1, -0.05) is 71.7 Å². The number of rotatable bonds is 2. The molecule has 0 unspecified atom stereocenters. The molecule has 0 saturated carbocycles. The first-order valence-electron chi connectivity index (χ1n) is 8.05. The summed E-state index contributed by atoms with van der Waals surface area (Å²) in [6.45, 7) is 2.10. The van der Waals surface area contributed by atoms with Crippen LogP contribution in [0.1, 0.15) is 5.56 Å². The summed E-state index contributed by atoms with van der Waals surface area (Å²) in [4.78, 5) is 4.89. The lowest BCUT2D eigenvalue weighted by Gasteiger charge is -2.16. The SMILES string of the molecule is Cc1c(-c2ccc(Cl)cc2Cl)nc2ccccc2c1-c1ccccc1. The van der Waals surface area contributed by atoms with Gasteiger partial charge in [0.15, 0.2) is 0 Å². The molecule has 0 aliphatic rings. The predicted molar refractivity (Wildman–Crippen MR) is 107 cm³/mol. The molecule has 0 aliphatic carbocycles. The van der Waals surface area contributed by atoms with Gasteiger partial charge in [-0.2, -0.15) is 0 Å². The predicted octanol–water partition coefficient (Wildman–Crippen LogP) is 7.18. The Hall–Kier alpha value is -2.35. The summed E-state index contributed by atoms with van der Waals surface area (Å²) < 4.78 is 0. The summed E-state index contributed by atoms with van der Waals surface area (Å²) >= 11 is 12.5. The molecule has 0 atom stereocenters. The largest absolute Gasteiger partial charge is 0.247 e. The molecule has 0 N–H and O–H groups in total. The van der Waals surface area contributed by atoms with Gasteiger partial charge in [-0.25, -0.2) is 4.98 Å². The molecule has 3 aromatic carbocycles. The van der Waals surface area contributed by atoms with Crippen LogP contribution in [0.25, 0.3) is 33.3 Å². The monoisotopic (exact) mass is 363 g/mol. The van der Waals surface area contributed by atoms with Crippen LogP contribution in [0.2, 0.25) is 10.0 Å². The smallest absolute Gasteiger partial charge is 0.0760 e. The summed E-state index contributed by atoms with van der Waals surface area (Å²) in [5.74, 6) is 0. The van der Waals surface area contributed by atoms with E-state index in [1.165, 1.54) is 11.1 Å². The first-order valence-corrected chi connectivity index (χ1v) is 8.81. The van der Waals surface area contributed by atoms with Crippen molar-refractivity contribution in [1.29, 1.82) is 0 Å². The summed E-state index contributed by atoms with van der Waals surface area (Å²) in [5, 5.41) is 2.37. The third kappa shape index (κ3) is 2.90. The average molecular weight is 364 g/mol. The minimum Gasteiger partial charge on any atom is -0.247 e. The molecule has 0 amide bonds. The fraction of sp³-hybridized carbons (Fsp3) is 0.0455. The molecule has 4 rings (SSSR count). The van der Waals surface area contributed by atoms with Crippen LogP contribution in [0.15, 0.2) is 72.8 Å². The molecule has 122 valence electrons. The zero-order valence-corrected chi connectivity index (χ0v) is 15.1. The molecule has 0 saturated heterocycles. The second-order valence-corrected chi connectivity index (χ2v) is 6.81. The highest BCUT2D eigenvalue weighted by molar-refractivity contribution is 6.36. The summed E-state index contributed by atoms with van der Waals surface area (Å²) in [5.41, 5.74) is 6.20. The van der Waals surface area contributed by atoms with E-state index in [4.69, 9.17) is 28.2 Å². The molecular formula is C22H15Cl2N. The normalized spacial score (nSPS) is 11.0. The van der Waals surface area contributed by atoms with Crippen LogP contribution >= 0.6 is 23.2 Å². The number of benzene rings is 3. The molecule has 1 heterocycles. The molecule has 25 heavy (non-hydrogen) atoms. The van der Waals surface area contributed by atoms with Crippen molar-refractivity contribution < 1.29 is 0 Å². The van der Waals surface area contributed by atoms with Crippen molar-refractivity contribution in [3.8, 4) is 22.4 Å². The Bertz CT molecular complexity index is 1070. The molecule has 0 radical (unpaired) electrons. The summed E-state index contributed by atoms with van der Waals surface area (Å²) in [7, 11) is 0. The average Bonchev–Trinajstić information content (AvgIpc) is 2.62. The van der Waals surface area contributed by atoms with Gasteiger partial charge in [0.2, 0.25) is 0 Å². The Balaban J connectivity index is 2.09. The topological polar surface area (TPSA) is 12.9 Å². The zero-order valence-electron chi connectivity index (χ0n) is 13.6. The van der Waals surface area contributed by atoms with Gasteiger partial charge in [0.05, 0.1) is 16.2 Å². The Morgan fingerprint density at radius 3 is 2.28 bits per heavy atom. The highest BCUT2D eigenvalue weighted by atomic mass is 35.5. The van der Waals surface area contributed by atoms with E-state index in [2.05, 4.69) is 37.3 Å². The van der Waals surface area contributed by atoms with Gasteiger partial charge >= 0.3 is 0 Å². The minimum absolute atomic E-state index is 0.609. The molecular weight excluding hydrogens is 349 g/mol. The highest BCUT2D eigenvalue weighted by Gasteiger charge is 2.16. The maximum absolute atomic E-state index is 6.46. The Morgan fingerprint density at radius 1 is 0.800 bits per heavy atom. The molecule has 0 spiro atoms. The van der Waals surface area contributed by atoms with E-state index in [1.807, 2.05) is 36.4 Å². The van der Waals surface area contributed by atoms with Crippen molar-refractivity contribution in [3.05, 3.63) is 88.4 Å². The van der Waals surface area contributed by atoms with Crippen molar-refractivity contribution in [2.45, 2.75) is 6.92 Å².